The van der Waals surface area contributed by atoms with Gasteiger partial charge in [0.2, 0.25) is 0 Å². The molecule has 0 saturated heterocycles. The molecule has 2 aromatic rings. The average Bonchev–Trinajstić information content (AvgIpc) is 2.50. The second-order valence-electron chi connectivity index (χ2n) is 4.32. The highest BCUT2D eigenvalue weighted by Gasteiger charge is 2.10. The van der Waals surface area contributed by atoms with E-state index >= 15 is 0 Å². The van der Waals surface area contributed by atoms with Crippen molar-refractivity contribution < 1.29 is 4.74 Å². The van der Waals surface area contributed by atoms with Crippen molar-refractivity contribution in [2.45, 2.75) is 5.92 Å². The number of hydrogen-bond donors (Lipinski definition) is 1. The Kier molecular flexibility index (Phi) is 4.86. The number of rotatable bonds is 5. The van der Waals surface area contributed by atoms with Gasteiger partial charge in [-0.2, -0.15) is 5.26 Å². The van der Waals surface area contributed by atoms with Gasteiger partial charge in [0.15, 0.2) is 0 Å². The van der Waals surface area contributed by atoms with Crippen LogP contribution < -0.4 is 10.1 Å². The van der Waals surface area contributed by atoms with E-state index < -0.39 is 0 Å². The number of ether oxygens (including phenoxy) is 1. The minimum absolute atomic E-state index is 0.196. The largest absolute Gasteiger partial charge is 0.495 e. The van der Waals surface area contributed by atoms with Crippen LogP contribution in [0.25, 0.3) is 0 Å². The third kappa shape index (κ3) is 3.43. The lowest BCUT2D eigenvalue weighted by molar-refractivity contribution is 0.415. The molecule has 0 bridgehead atoms. The first kappa shape index (κ1) is 14.2. The van der Waals surface area contributed by atoms with Crippen LogP contribution in [0.1, 0.15) is 11.5 Å². The van der Waals surface area contributed by atoms with Crippen molar-refractivity contribution in [2.24, 2.45) is 0 Å². The number of benzene rings is 2. The molecule has 0 fully saturated rings. The Bertz CT molecular complexity index is 608. The molecule has 0 spiro atoms. The number of hydrogen-bond acceptors (Lipinski definition) is 3. The number of anilines is 1. The Morgan fingerprint density at radius 1 is 1.25 bits per heavy atom. The van der Waals surface area contributed by atoms with Gasteiger partial charge in [-0.25, -0.2) is 0 Å². The van der Waals surface area contributed by atoms with Crippen LogP contribution in [0, 0.1) is 11.3 Å². The second-order valence-corrected chi connectivity index (χ2v) is 4.73. The summed E-state index contributed by atoms with van der Waals surface area (Å²) in [6.45, 7) is 0.533. The first-order chi connectivity index (χ1) is 9.74. The summed E-state index contributed by atoms with van der Waals surface area (Å²) in [6.07, 6.45) is 0. The summed E-state index contributed by atoms with van der Waals surface area (Å²) in [5.74, 6) is 0.419. The molecule has 0 aromatic heterocycles. The van der Waals surface area contributed by atoms with Crippen LogP contribution in [0.2, 0.25) is 5.02 Å². The molecule has 4 heteroatoms. The highest BCUT2D eigenvalue weighted by Crippen LogP contribution is 2.27. The molecular weight excluding hydrogens is 272 g/mol. The predicted molar refractivity (Wildman–Crippen MR) is 81.3 cm³/mol. The quantitative estimate of drug-likeness (QED) is 0.901. The Morgan fingerprint density at radius 2 is 2.00 bits per heavy atom. The van der Waals surface area contributed by atoms with Crippen LogP contribution in [0.5, 0.6) is 5.75 Å². The standard InChI is InChI=1S/C16H15ClN2O/c1-20-16-9-14(7-8-15(16)17)19-11-13(10-18)12-5-3-2-4-6-12/h2-9,13,19H,11H2,1H3. The normalized spacial score (nSPS) is 11.4. The van der Waals surface area contributed by atoms with E-state index in [-0.39, 0.29) is 5.92 Å². The van der Waals surface area contributed by atoms with E-state index in [1.807, 2.05) is 42.5 Å². The zero-order valence-corrected chi connectivity index (χ0v) is 11.9. The van der Waals surface area contributed by atoms with Crippen LogP contribution in [-0.2, 0) is 0 Å². The van der Waals surface area contributed by atoms with Gasteiger partial charge in [-0.05, 0) is 17.7 Å². The average molecular weight is 287 g/mol. The Labute approximate surface area is 123 Å². The molecule has 1 unspecified atom stereocenters. The van der Waals surface area contributed by atoms with Crippen LogP contribution in [0.15, 0.2) is 48.5 Å². The van der Waals surface area contributed by atoms with Gasteiger partial charge in [-0.3, -0.25) is 0 Å². The van der Waals surface area contributed by atoms with Gasteiger partial charge < -0.3 is 10.1 Å². The Balaban J connectivity index is 2.06. The maximum Gasteiger partial charge on any atom is 0.139 e. The number of halogens is 1. The summed E-state index contributed by atoms with van der Waals surface area (Å²) in [6, 6.07) is 17.5. The van der Waals surface area contributed by atoms with E-state index in [1.54, 1.807) is 13.2 Å². The molecule has 0 aliphatic rings. The molecule has 0 radical (unpaired) electrons. The SMILES string of the molecule is COc1cc(NCC(C#N)c2ccccc2)ccc1Cl. The lowest BCUT2D eigenvalue weighted by Gasteiger charge is -2.13. The van der Waals surface area contributed by atoms with Crippen molar-refractivity contribution >= 4 is 17.3 Å². The third-order valence-corrected chi connectivity index (χ3v) is 3.33. The summed E-state index contributed by atoms with van der Waals surface area (Å²) in [5.41, 5.74) is 1.88. The molecule has 0 saturated carbocycles. The van der Waals surface area contributed by atoms with Gasteiger partial charge >= 0.3 is 0 Å². The van der Waals surface area contributed by atoms with E-state index in [9.17, 15) is 5.26 Å². The summed E-state index contributed by atoms with van der Waals surface area (Å²) in [5, 5.41) is 13.1. The molecule has 1 N–H and O–H groups in total. The molecule has 2 rings (SSSR count). The lowest BCUT2D eigenvalue weighted by Crippen LogP contribution is -2.11. The summed E-state index contributed by atoms with van der Waals surface area (Å²) < 4.78 is 5.17. The van der Waals surface area contributed by atoms with E-state index in [1.165, 1.54) is 0 Å². The van der Waals surface area contributed by atoms with Gasteiger partial charge in [-0.1, -0.05) is 41.9 Å². The van der Waals surface area contributed by atoms with Crippen molar-refractivity contribution in [1.29, 1.82) is 5.26 Å². The van der Waals surface area contributed by atoms with Gasteiger partial charge in [0, 0.05) is 18.3 Å². The fraction of sp³-hybridized carbons (Fsp3) is 0.188. The summed E-state index contributed by atoms with van der Waals surface area (Å²) in [7, 11) is 1.58. The summed E-state index contributed by atoms with van der Waals surface area (Å²) in [4.78, 5) is 0. The number of nitrogens with zero attached hydrogens (tertiary/aromatic N) is 1. The van der Waals surface area contributed by atoms with Crippen molar-refractivity contribution in [3.05, 3.63) is 59.1 Å². The smallest absolute Gasteiger partial charge is 0.139 e. The monoisotopic (exact) mass is 286 g/mol. The van der Waals surface area contributed by atoms with Crippen molar-refractivity contribution in [3.8, 4) is 11.8 Å². The van der Waals surface area contributed by atoms with Crippen LogP contribution in [0.4, 0.5) is 5.69 Å². The Morgan fingerprint density at radius 3 is 2.65 bits per heavy atom. The molecule has 20 heavy (non-hydrogen) atoms. The molecule has 0 aliphatic carbocycles. The van der Waals surface area contributed by atoms with Gasteiger partial charge in [0.25, 0.3) is 0 Å². The van der Waals surface area contributed by atoms with Crippen LogP contribution in [-0.4, -0.2) is 13.7 Å². The molecular formula is C16H15ClN2O. The van der Waals surface area contributed by atoms with Gasteiger partial charge in [-0.15, -0.1) is 0 Å². The third-order valence-electron chi connectivity index (χ3n) is 3.02. The molecule has 0 aliphatic heterocycles. The Hall–Kier alpha value is -2.18. The minimum Gasteiger partial charge on any atom is -0.495 e. The highest BCUT2D eigenvalue weighted by atomic mass is 35.5. The maximum atomic E-state index is 9.27. The van der Waals surface area contributed by atoms with Crippen LogP contribution in [0.3, 0.4) is 0 Å². The molecule has 1 atom stereocenters. The second kappa shape index (κ2) is 6.83. The van der Waals surface area contributed by atoms with E-state index in [0.717, 1.165) is 11.3 Å². The topological polar surface area (TPSA) is 45.0 Å². The molecule has 3 nitrogen and oxygen atoms in total. The van der Waals surface area contributed by atoms with Gasteiger partial charge in [0.1, 0.15) is 5.75 Å². The molecule has 0 heterocycles. The lowest BCUT2D eigenvalue weighted by atomic mass is 10.0. The first-order valence-corrected chi connectivity index (χ1v) is 6.64. The van der Waals surface area contributed by atoms with Crippen molar-refractivity contribution in [3.63, 3.8) is 0 Å². The zero-order chi connectivity index (χ0) is 14.4. The molecule has 102 valence electrons. The molecule has 0 amide bonds. The van der Waals surface area contributed by atoms with Crippen molar-refractivity contribution in [1.82, 2.24) is 0 Å². The van der Waals surface area contributed by atoms with E-state index in [2.05, 4.69) is 11.4 Å². The minimum atomic E-state index is -0.196. The van der Waals surface area contributed by atoms with E-state index in [0.29, 0.717) is 17.3 Å². The first-order valence-electron chi connectivity index (χ1n) is 6.26. The fourth-order valence-electron chi connectivity index (χ4n) is 1.91. The van der Waals surface area contributed by atoms with Gasteiger partial charge in [0.05, 0.1) is 24.1 Å². The number of nitrogens with one attached hydrogen (secondary N) is 1. The number of nitriles is 1. The van der Waals surface area contributed by atoms with E-state index in [4.69, 9.17) is 16.3 Å². The van der Waals surface area contributed by atoms with Crippen molar-refractivity contribution in [2.75, 3.05) is 19.0 Å². The predicted octanol–water partition coefficient (Wildman–Crippen LogP) is 4.07. The molecule has 2 aromatic carbocycles. The zero-order valence-electron chi connectivity index (χ0n) is 11.1. The van der Waals surface area contributed by atoms with Crippen LogP contribution >= 0.6 is 11.6 Å². The highest BCUT2D eigenvalue weighted by molar-refractivity contribution is 6.32. The summed E-state index contributed by atoms with van der Waals surface area (Å²) >= 11 is 5.98. The fourth-order valence-corrected chi connectivity index (χ4v) is 2.11. The maximum absolute atomic E-state index is 9.27. The number of methoxy groups -OCH3 is 1.